The second-order valence-corrected chi connectivity index (χ2v) is 20.2. The Kier molecular flexibility index (Phi) is 18.6. The fourth-order valence-electron chi connectivity index (χ4n) is 9.32. The van der Waals surface area contributed by atoms with Gasteiger partial charge in [-0.15, -0.1) is 0 Å². The maximum atomic E-state index is 14.3. The monoisotopic (exact) mass is 886 g/mol. The first kappa shape index (κ1) is 52.6. The van der Waals surface area contributed by atoms with Crippen molar-refractivity contribution in [3.05, 3.63) is 0 Å². The minimum Gasteiger partial charge on any atom is -0.459 e. The van der Waals surface area contributed by atoms with Crippen molar-refractivity contribution in [3.8, 4) is 0 Å². The van der Waals surface area contributed by atoms with Gasteiger partial charge in [0.2, 0.25) is 0 Å². The first-order valence-electron chi connectivity index (χ1n) is 21.2. The first-order chi connectivity index (χ1) is 27.0. The lowest BCUT2D eigenvalue weighted by atomic mass is 9.77. The summed E-state index contributed by atoms with van der Waals surface area (Å²) in [5.74, 6) is -3.22. The number of aliphatic hydroxyl groups excluding tert-OH is 3. The molecule has 5 N–H and O–H groups in total. The summed E-state index contributed by atoms with van der Waals surface area (Å²) in [6, 6.07) is -1.09. The highest BCUT2D eigenvalue weighted by Gasteiger charge is 2.53. The number of hydrogen-bond donors (Lipinski definition) is 5. The third-order valence-electron chi connectivity index (χ3n) is 13.4. The first-order valence-corrected chi connectivity index (χ1v) is 22.0. The van der Waals surface area contributed by atoms with E-state index < -0.39 is 112 Å². The van der Waals surface area contributed by atoms with Crippen LogP contribution in [0.3, 0.4) is 0 Å². The van der Waals surface area contributed by atoms with E-state index >= 15 is 0 Å². The molecule has 3 saturated heterocycles. The van der Waals surface area contributed by atoms with Crippen LogP contribution in [-0.2, 0) is 38.0 Å². The Labute approximate surface area is 362 Å². The molecule has 0 spiro atoms. The van der Waals surface area contributed by atoms with Crippen molar-refractivity contribution in [1.82, 2.24) is 9.80 Å². The van der Waals surface area contributed by atoms with Gasteiger partial charge in [0.15, 0.2) is 22.7 Å². The van der Waals surface area contributed by atoms with E-state index in [1.165, 1.54) is 21.0 Å². The van der Waals surface area contributed by atoms with Crippen LogP contribution in [0.15, 0.2) is 0 Å². The number of rotatable bonds is 11. The molecule has 0 aromatic heterocycles. The van der Waals surface area contributed by atoms with Gasteiger partial charge in [-0.1, -0.05) is 44.0 Å². The Morgan fingerprint density at radius 3 is 2.17 bits per heavy atom. The third-order valence-corrected chi connectivity index (χ3v) is 14.3. The number of alkyl halides is 2. The minimum absolute atomic E-state index is 0.0904. The van der Waals surface area contributed by atoms with Crippen LogP contribution in [-0.4, -0.2) is 176 Å². The Morgan fingerprint density at radius 1 is 1.00 bits per heavy atom. The summed E-state index contributed by atoms with van der Waals surface area (Å²) in [6.07, 6.45) is -9.27. The van der Waals surface area contributed by atoms with E-state index in [0.29, 0.717) is 13.0 Å². The normalized spacial score (nSPS) is 45.4. The number of nitrogens with zero attached hydrogens (tertiary/aromatic N) is 2. The Bertz CT molecular complexity index is 1380. The average Bonchev–Trinajstić information content (AvgIpc) is 3.14. The summed E-state index contributed by atoms with van der Waals surface area (Å²) < 4.78 is 36.2. The van der Waals surface area contributed by atoms with Gasteiger partial charge in [-0.05, 0) is 94.7 Å². The molecular formula is C42H76Cl2N2O13. The standard InChI is InChI=1S/C42H76Cl2N2O13/c1-15-30-41(11,53)34(49)26(6)46(13)21-22(2)19-39(9,52)36(59-38-32(48)29(18-23(3)55-38)45(12)17-16-42(43,44)28(8)47)24(4)33(25(5)37(51)57-30)58-31-20-40(10,54-14)35(50)27(7)56-31/h22-27,29-36,38,48-50,52-53H,15-21H2,1-14H3/t22-,23-,24+,25-,26-,27+,29+,30-,31+,32-,33+,34-,35+,36-,38+,39-,40-,41-/m1/s1. The van der Waals surface area contributed by atoms with Crippen molar-refractivity contribution < 1.29 is 63.5 Å². The quantitative estimate of drug-likeness (QED) is 0.149. The third kappa shape index (κ3) is 12.5. The van der Waals surface area contributed by atoms with E-state index in [4.69, 9.17) is 51.6 Å². The van der Waals surface area contributed by atoms with Gasteiger partial charge in [-0.2, -0.15) is 0 Å². The van der Waals surface area contributed by atoms with Crippen molar-refractivity contribution in [2.75, 3.05) is 34.3 Å². The number of ketones is 1. The SMILES string of the molecule is CC[C@H]1OC(=O)[C@H](C)[C@@H](O[C@H]2C[C@@](C)(OC)[C@@H](O)[C@H](C)O2)[C@H](C)[C@@H](O[C@@H]2O[C@H](C)C[C@H](N(C)CCC(Cl)(Cl)C(C)=O)[C@H]2O)[C@](C)(O)C[C@@H](C)CN(C)[C@H](C)[C@@H](O)[C@]1(C)O. The molecule has 3 aliphatic heterocycles. The molecule has 0 aromatic rings. The zero-order chi connectivity index (χ0) is 45.2. The van der Waals surface area contributed by atoms with Crippen LogP contribution in [0, 0.1) is 17.8 Å². The van der Waals surface area contributed by atoms with E-state index in [9.17, 15) is 35.1 Å². The molecule has 15 nitrogen and oxygen atoms in total. The summed E-state index contributed by atoms with van der Waals surface area (Å²) in [6.45, 7) is 19.3. The van der Waals surface area contributed by atoms with E-state index in [2.05, 4.69) is 0 Å². The molecule has 18 atom stereocenters. The molecular weight excluding hydrogens is 811 g/mol. The number of hydrogen-bond acceptors (Lipinski definition) is 15. The smallest absolute Gasteiger partial charge is 0.311 e. The molecule has 3 rings (SSSR count). The molecule has 3 heterocycles. The number of esters is 1. The summed E-state index contributed by atoms with van der Waals surface area (Å²) >= 11 is 12.6. The fraction of sp³-hybridized carbons (Fsp3) is 0.952. The van der Waals surface area contributed by atoms with E-state index in [1.54, 1.807) is 55.5 Å². The van der Waals surface area contributed by atoms with Crippen LogP contribution in [0.5, 0.6) is 0 Å². The van der Waals surface area contributed by atoms with E-state index in [1.807, 2.05) is 30.7 Å². The van der Waals surface area contributed by atoms with Crippen molar-refractivity contribution in [3.63, 3.8) is 0 Å². The summed E-state index contributed by atoms with van der Waals surface area (Å²) in [5.41, 5.74) is -4.55. The number of likely N-dealkylation sites (N-methyl/N-ethyl adjacent to an activating group) is 2. The maximum absolute atomic E-state index is 14.3. The predicted octanol–water partition coefficient (Wildman–Crippen LogP) is 3.42. The molecule has 0 saturated carbocycles. The van der Waals surface area contributed by atoms with Crippen LogP contribution >= 0.6 is 23.2 Å². The lowest BCUT2D eigenvalue weighted by molar-refractivity contribution is -0.318. The van der Waals surface area contributed by atoms with Crippen molar-refractivity contribution in [1.29, 1.82) is 0 Å². The number of methoxy groups -OCH3 is 1. The maximum Gasteiger partial charge on any atom is 0.311 e. The van der Waals surface area contributed by atoms with Crippen molar-refractivity contribution >= 4 is 35.0 Å². The molecule has 3 aliphatic rings. The van der Waals surface area contributed by atoms with Gasteiger partial charge in [0.25, 0.3) is 0 Å². The fourth-order valence-corrected chi connectivity index (χ4v) is 9.49. The van der Waals surface area contributed by atoms with E-state index in [-0.39, 0.29) is 43.9 Å². The number of aliphatic hydroxyl groups is 5. The Hall–Kier alpha value is -0.760. The van der Waals surface area contributed by atoms with Crippen molar-refractivity contribution in [2.45, 2.75) is 203 Å². The van der Waals surface area contributed by atoms with Gasteiger partial charge in [0.05, 0.1) is 41.5 Å². The van der Waals surface area contributed by atoms with Gasteiger partial charge in [0.1, 0.15) is 30.0 Å². The Morgan fingerprint density at radius 2 is 1.61 bits per heavy atom. The molecule has 0 aliphatic carbocycles. The molecule has 59 heavy (non-hydrogen) atoms. The number of ether oxygens (including phenoxy) is 6. The van der Waals surface area contributed by atoms with Gasteiger partial charge in [-0.25, -0.2) is 0 Å². The highest BCUT2D eigenvalue weighted by atomic mass is 35.5. The molecule has 0 unspecified atom stereocenters. The zero-order valence-electron chi connectivity index (χ0n) is 37.8. The van der Waals surface area contributed by atoms with Crippen LogP contribution < -0.4 is 0 Å². The van der Waals surface area contributed by atoms with Gasteiger partial charge in [-0.3, -0.25) is 9.59 Å². The van der Waals surface area contributed by atoms with Crippen LogP contribution in [0.1, 0.15) is 108 Å². The molecule has 17 heteroatoms. The minimum atomic E-state index is -1.84. The lowest BCUT2D eigenvalue weighted by Gasteiger charge is -2.49. The second-order valence-electron chi connectivity index (χ2n) is 18.7. The van der Waals surface area contributed by atoms with Gasteiger partial charge < -0.3 is 63.8 Å². The van der Waals surface area contributed by atoms with Crippen LogP contribution in [0.2, 0.25) is 0 Å². The number of carbonyl (C=O) groups is 2. The lowest BCUT2D eigenvalue weighted by Crippen LogP contribution is -2.61. The largest absolute Gasteiger partial charge is 0.459 e. The number of Topliss-reactive ketones (excluding diaryl/α,β-unsaturated/α-hetero) is 1. The van der Waals surface area contributed by atoms with Gasteiger partial charge in [0, 0.05) is 51.0 Å². The Balaban J connectivity index is 2.15. The van der Waals surface area contributed by atoms with Crippen LogP contribution in [0.25, 0.3) is 0 Å². The van der Waals surface area contributed by atoms with E-state index in [0.717, 1.165) is 0 Å². The van der Waals surface area contributed by atoms with Crippen LogP contribution in [0.4, 0.5) is 0 Å². The molecule has 3 fully saturated rings. The molecule has 0 radical (unpaired) electrons. The topological polar surface area (TPSA) is 197 Å². The zero-order valence-corrected chi connectivity index (χ0v) is 39.3. The number of cyclic esters (lactones) is 1. The predicted molar refractivity (Wildman–Crippen MR) is 223 cm³/mol. The average molecular weight is 888 g/mol. The number of carbonyl (C=O) groups excluding carboxylic acids is 2. The highest BCUT2D eigenvalue weighted by Crippen LogP contribution is 2.40. The summed E-state index contributed by atoms with van der Waals surface area (Å²) in [5, 5.41) is 58.9. The summed E-state index contributed by atoms with van der Waals surface area (Å²) in [4.78, 5) is 30.1. The second kappa shape index (κ2) is 20.8. The molecule has 0 aromatic carbocycles. The number of halogens is 2. The summed E-state index contributed by atoms with van der Waals surface area (Å²) in [7, 11) is 5.10. The molecule has 0 amide bonds. The molecule has 346 valence electrons. The highest BCUT2D eigenvalue weighted by molar-refractivity contribution is 6.58. The van der Waals surface area contributed by atoms with Gasteiger partial charge >= 0.3 is 5.97 Å². The van der Waals surface area contributed by atoms with Crippen molar-refractivity contribution in [2.24, 2.45) is 17.8 Å². The molecule has 0 bridgehead atoms.